The molecule has 25 heavy (non-hydrogen) atoms. The maximum absolute atomic E-state index is 12.7. The van der Waals surface area contributed by atoms with Gasteiger partial charge in [0.05, 0.1) is 23.0 Å². The number of benzene rings is 2. The van der Waals surface area contributed by atoms with Crippen molar-refractivity contribution in [2.75, 3.05) is 26.3 Å². The van der Waals surface area contributed by atoms with Crippen molar-refractivity contribution in [3.05, 3.63) is 48.5 Å². The molecule has 4 N–H and O–H groups in total. The molecule has 0 saturated carbocycles. The summed E-state index contributed by atoms with van der Waals surface area (Å²) < 4.78 is 36.3. The molecule has 0 aliphatic carbocycles. The van der Waals surface area contributed by atoms with Gasteiger partial charge >= 0.3 is 0 Å². The SMILES string of the molecule is NCCCOc1ccc(S(=O)(=O)c2ccc(OCCCN)cc2)cc1. The quantitative estimate of drug-likeness (QED) is 0.625. The van der Waals surface area contributed by atoms with E-state index in [0.29, 0.717) is 37.8 Å². The minimum absolute atomic E-state index is 0.218. The molecule has 0 aliphatic rings. The number of ether oxygens (including phenoxy) is 2. The molecule has 6 nitrogen and oxygen atoms in total. The Morgan fingerprint density at radius 1 is 0.680 bits per heavy atom. The van der Waals surface area contributed by atoms with Gasteiger partial charge in [0.25, 0.3) is 0 Å². The Morgan fingerprint density at radius 3 is 1.36 bits per heavy atom. The highest BCUT2D eigenvalue weighted by atomic mass is 32.2. The fourth-order valence-corrected chi connectivity index (χ4v) is 3.37. The van der Waals surface area contributed by atoms with Gasteiger partial charge in [-0.3, -0.25) is 0 Å². The fraction of sp³-hybridized carbons (Fsp3) is 0.333. The van der Waals surface area contributed by atoms with E-state index < -0.39 is 9.84 Å². The second kappa shape index (κ2) is 9.41. The summed E-state index contributed by atoms with van der Waals surface area (Å²) in [6.07, 6.45) is 1.50. The Labute approximate surface area is 148 Å². The summed E-state index contributed by atoms with van der Waals surface area (Å²) >= 11 is 0. The molecular weight excluding hydrogens is 340 g/mol. The van der Waals surface area contributed by atoms with E-state index in [-0.39, 0.29) is 9.79 Å². The summed E-state index contributed by atoms with van der Waals surface area (Å²) in [5, 5.41) is 0. The van der Waals surface area contributed by atoms with Crippen molar-refractivity contribution < 1.29 is 17.9 Å². The lowest BCUT2D eigenvalue weighted by Gasteiger charge is -2.09. The van der Waals surface area contributed by atoms with Crippen LogP contribution in [0, 0.1) is 0 Å². The minimum atomic E-state index is -3.57. The van der Waals surface area contributed by atoms with Crippen molar-refractivity contribution in [3.63, 3.8) is 0 Å². The largest absolute Gasteiger partial charge is 0.494 e. The summed E-state index contributed by atoms with van der Waals surface area (Å²) in [6, 6.07) is 12.7. The molecule has 0 aliphatic heterocycles. The van der Waals surface area contributed by atoms with Crippen LogP contribution in [0.15, 0.2) is 58.3 Å². The lowest BCUT2D eigenvalue weighted by molar-refractivity contribution is 0.313. The molecule has 2 aromatic carbocycles. The third kappa shape index (κ3) is 5.45. The maximum atomic E-state index is 12.7. The summed E-state index contributed by atoms with van der Waals surface area (Å²) in [5.74, 6) is 1.24. The van der Waals surface area contributed by atoms with E-state index in [1.807, 2.05) is 0 Å². The predicted octanol–water partition coefficient (Wildman–Crippen LogP) is 1.97. The lowest BCUT2D eigenvalue weighted by atomic mass is 10.3. The molecule has 0 fully saturated rings. The van der Waals surface area contributed by atoms with Crippen molar-refractivity contribution in [2.45, 2.75) is 22.6 Å². The highest BCUT2D eigenvalue weighted by molar-refractivity contribution is 7.91. The van der Waals surface area contributed by atoms with Gasteiger partial charge in [-0.05, 0) is 74.5 Å². The van der Waals surface area contributed by atoms with E-state index in [1.54, 1.807) is 48.5 Å². The van der Waals surface area contributed by atoms with Gasteiger partial charge < -0.3 is 20.9 Å². The molecule has 7 heteroatoms. The van der Waals surface area contributed by atoms with Gasteiger partial charge in [-0.25, -0.2) is 8.42 Å². The molecule has 0 amide bonds. The van der Waals surface area contributed by atoms with Crippen LogP contribution in [0.25, 0.3) is 0 Å². The van der Waals surface area contributed by atoms with E-state index in [0.717, 1.165) is 12.8 Å². The average molecular weight is 364 g/mol. The first kappa shape index (κ1) is 19.2. The van der Waals surface area contributed by atoms with Gasteiger partial charge in [0.2, 0.25) is 9.84 Å². The van der Waals surface area contributed by atoms with Gasteiger partial charge in [0.15, 0.2) is 0 Å². The predicted molar refractivity (Wildman–Crippen MR) is 96.7 cm³/mol. The Bertz CT molecular complexity index is 684. The molecule has 2 rings (SSSR count). The van der Waals surface area contributed by atoms with Crippen LogP contribution in [0.3, 0.4) is 0 Å². The Balaban J connectivity index is 2.07. The Morgan fingerprint density at radius 2 is 1.04 bits per heavy atom. The molecule has 136 valence electrons. The van der Waals surface area contributed by atoms with Gasteiger partial charge in [0, 0.05) is 0 Å². The highest BCUT2D eigenvalue weighted by Gasteiger charge is 2.17. The van der Waals surface area contributed by atoms with Crippen molar-refractivity contribution in [1.29, 1.82) is 0 Å². The first-order valence-electron chi connectivity index (χ1n) is 8.19. The monoisotopic (exact) mass is 364 g/mol. The number of sulfone groups is 1. The highest BCUT2D eigenvalue weighted by Crippen LogP contribution is 2.25. The molecule has 0 bridgehead atoms. The van der Waals surface area contributed by atoms with Crippen LogP contribution >= 0.6 is 0 Å². The summed E-state index contributed by atoms with van der Waals surface area (Å²) in [7, 11) is -3.57. The molecule has 0 heterocycles. The molecule has 2 aromatic rings. The maximum Gasteiger partial charge on any atom is 0.206 e. The number of hydrogen-bond acceptors (Lipinski definition) is 6. The summed E-state index contributed by atoms with van der Waals surface area (Å²) in [4.78, 5) is 0.436. The van der Waals surface area contributed by atoms with E-state index in [9.17, 15) is 8.42 Å². The van der Waals surface area contributed by atoms with Gasteiger partial charge in [-0.15, -0.1) is 0 Å². The van der Waals surface area contributed by atoms with Crippen LogP contribution in [0.1, 0.15) is 12.8 Å². The molecule has 0 unspecified atom stereocenters. The first-order valence-corrected chi connectivity index (χ1v) is 9.67. The van der Waals surface area contributed by atoms with Gasteiger partial charge in [-0.2, -0.15) is 0 Å². The molecule has 0 atom stereocenters. The van der Waals surface area contributed by atoms with Crippen LogP contribution in [0.4, 0.5) is 0 Å². The third-order valence-electron chi connectivity index (χ3n) is 3.50. The van der Waals surface area contributed by atoms with E-state index >= 15 is 0 Å². The number of hydrogen-bond donors (Lipinski definition) is 2. The van der Waals surface area contributed by atoms with Crippen molar-refractivity contribution in [2.24, 2.45) is 11.5 Å². The minimum Gasteiger partial charge on any atom is -0.494 e. The smallest absolute Gasteiger partial charge is 0.206 e. The summed E-state index contributed by atoms with van der Waals surface area (Å²) in [6.45, 7) is 2.12. The third-order valence-corrected chi connectivity index (χ3v) is 5.29. The molecular formula is C18H24N2O4S. The first-order chi connectivity index (χ1) is 12.1. The normalized spacial score (nSPS) is 11.3. The second-order valence-electron chi connectivity index (χ2n) is 5.43. The van der Waals surface area contributed by atoms with Crippen LogP contribution in [-0.4, -0.2) is 34.7 Å². The van der Waals surface area contributed by atoms with E-state index in [2.05, 4.69) is 0 Å². The van der Waals surface area contributed by atoms with Crippen molar-refractivity contribution in [3.8, 4) is 11.5 Å². The zero-order chi connectivity index (χ0) is 18.1. The molecule has 0 saturated heterocycles. The standard InChI is InChI=1S/C18H24N2O4S/c19-11-1-13-23-15-3-7-17(8-4-15)25(21,22)18-9-5-16(6-10-18)24-14-2-12-20/h3-10H,1-2,11-14,19-20H2. The van der Waals surface area contributed by atoms with Crippen molar-refractivity contribution in [1.82, 2.24) is 0 Å². The number of rotatable bonds is 10. The Kier molecular flexibility index (Phi) is 7.24. The molecule has 0 aromatic heterocycles. The summed E-state index contributed by atoms with van der Waals surface area (Å²) in [5.41, 5.74) is 10.8. The second-order valence-corrected chi connectivity index (χ2v) is 7.38. The number of nitrogens with two attached hydrogens (primary N) is 2. The van der Waals surface area contributed by atoms with Crippen LogP contribution in [0.5, 0.6) is 11.5 Å². The molecule has 0 radical (unpaired) electrons. The van der Waals surface area contributed by atoms with Crippen LogP contribution in [0.2, 0.25) is 0 Å². The van der Waals surface area contributed by atoms with Crippen LogP contribution in [-0.2, 0) is 9.84 Å². The lowest BCUT2D eigenvalue weighted by Crippen LogP contribution is -2.07. The topological polar surface area (TPSA) is 105 Å². The molecule has 0 spiro atoms. The zero-order valence-corrected chi connectivity index (χ0v) is 14.9. The Hall–Kier alpha value is -2.09. The average Bonchev–Trinajstić information content (AvgIpc) is 2.63. The zero-order valence-electron chi connectivity index (χ0n) is 14.1. The van der Waals surface area contributed by atoms with Gasteiger partial charge in [0.1, 0.15) is 11.5 Å². The van der Waals surface area contributed by atoms with E-state index in [4.69, 9.17) is 20.9 Å². The van der Waals surface area contributed by atoms with Crippen molar-refractivity contribution >= 4 is 9.84 Å². The fourth-order valence-electron chi connectivity index (χ4n) is 2.11. The van der Waals surface area contributed by atoms with Crippen LogP contribution < -0.4 is 20.9 Å². The van der Waals surface area contributed by atoms with E-state index in [1.165, 1.54) is 0 Å². The van der Waals surface area contributed by atoms with Gasteiger partial charge in [-0.1, -0.05) is 0 Å².